The van der Waals surface area contributed by atoms with Crippen LogP contribution < -0.4 is 5.32 Å². The Labute approximate surface area is 156 Å². The number of aliphatic hydroxyl groups is 1. The molecule has 2 N–H and O–H groups in total. The molecular weight excluding hydrogens is 340 g/mol. The van der Waals surface area contributed by atoms with Crippen LogP contribution in [0.5, 0.6) is 0 Å². The van der Waals surface area contributed by atoms with Crippen molar-refractivity contribution in [2.24, 2.45) is 7.05 Å². The van der Waals surface area contributed by atoms with Crippen molar-refractivity contribution in [3.63, 3.8) is 0 Å². The summed E-state index contributed by atoms with van der Waals surface area (Å²) in [5.41, 5.74) is 3.43. The topological polar surface area (TPSA) is 88.8 Å². The molecule has 0 aliphatic rings. The molecule has 3 aromatic heterocycles. The van der Waals surface area contributed by atoms with E-state index in [4.69, 9.17) is 9.97 Å². The molecule has 4 rings (SSSR count). The summed E-state index contributed by atoms with van der Waals surface area (Å²) < 4.78 is 1.75. The predicted molar refractivity (Wildman–Crippen MR) is 104 cm³/mol. The molecule has 27 heavy (non-hydrogen) atoms. The molecule has 0 bridgehead atoms. The van der Waals surface area contributed by atoms with Crippen LogP contribution >= 0.6 is 0 Å². The van der Waals surface area contributed by atoms with Crippen molar-refractivity contribution in [1.82, 2.24) is 24.7 Å². The highest BCUT2D eigenvalue weighted by molar-refractivity contribution is 5.91. The minimum atomic E-state index is -0.283. The largest absolute Gasteiger partial charge is 0.394 e. The first-order chi connectivity index (χ1) is 13.2. The van der Waals surface area contributed by atoms with Gasteiger partial charge in [-0.05, 0) is 24.6 Å². The van der Waals surface area contributed by atoms with Crippen molar-refractivity contribution in [2.45, 2.75) is 13.0 Å². The number of nitrogens with one attached hydrogen (secondary N) is 1. The number of rotatable bonds is 5. The van der Waals surface area contributed by atoms with Crippen LogP contribution in [0.3, 0.4) is 0 Å². The van der Waals surface area contributed by atoms with Crippen LogP contribution in [0.1, 0.15) is 17.3 Å². The number of benzene rings is 1. The van der Waals surface area contributed by atoms with E-state index in [0.717, 1.165) is 27.9 Å². The van der Waals surface area contributed by atoms with E-state index in [1.807, 2.05) is 56.4 Å². The van der Waals surface area contributed by atoms with Crippen molar-refractivity contribution < 1.29 is 5.11 Å². The molecule has 0 fully saturated rings. The van der Waals surface area contributed by atoms with Crippen molar-refractivity contribution >= 4 is 16.9 Å². The Morgan fingerprint density at radius 2 is 1.81 bits per heavy atom. The third kappa shape index (κ3) is 3.24. The predicted octanol–water partition coefficient (Wildman–Crippen LogP) is 2.88. The average molecular weight is 360 g/mol. The van der Waals surface area contributed by atoms with Gasteiger partial charge >= 0.3 is 0 Å². The van der Waals surface area contributed by atoms with Crippen molar-refractivity contribution in [2.75, 3.05) is 11.9 Å². The molecule has 0 spiro atoms. The number of aromatic nitrogens is 5. The first-order valence-electron chi connectivity index (χ1n) is 8.71. The Morgan fingerprint density at radius 1 is 1.07 bits per heavy atom. The highest BCUT2D eigenvalue weighted by atomic mass is 16.3. The third-order valence-corrected chi connectivity index (χ3v) is 4.49. The highest BCUT2D eigenvalue weighted by Crippen LogP contribution is 2.29. The summed E-state index contributed by atoms with van der Waals surface area (Å²) in [6.45, 7) is 1.87. The Hall–Kier alpha value is -3.32. The van der Waals surface area contributed by atoms with E-state index in [1.165, 1.54) is 0 Å². The van der Waals surface area contributed by atoms with Gasteiger partial charge in [0.1, 0.15) is 5.82 Å². The summed E-state index contributed by atoms with van der Waals surface area (Å²) in [5, 5.41) is 18.7. The number of fused-ring (bicyclic) bond motifs is 1. The monoisotopic (exact) mass is 360 g/mol. The molecule has 0 saturated carbocycles. The lowest BCUT2D eigenvalue weighted by atomic mass is 10.1. The molecule has 1 atom stereocenters. The molecule has 0 amide bonds. The average Bonchev–Trinajstić information content (AvgIpc) is 3.01. The molecule has 0 aliphatic heterocycles. The lowest BCUT2D eigenvalue weighted by Crippen LogP contribution is -2.16. The highest BCUT2D eigenvalue weighted by Gasteiger charge is 2.19. The van der Waals surface area contributed by atoms with Crippen LogP contribution in [-0.2, 0) is 7.05 Å². The summed E-state index contributed by atoms with van der Waals surface area (Å²) in [6, 6.07) is 13.3. The fourth-order valence-electron chi connectivity index (χ4n) is 3.16. The van der Waals surface area contributed by atoms with Crippen molar-refractivity contribution in [1.29, 1.82) is 0 Å². The van der Waals surface area contributed by atoms with Gasteiger partial charge in [-0.1, -0.05) is 30.3 Å². The fourth-order valence-corrected chi connectivity index (χ4v) is 3.16. The Bertz CT molecular complexity index is 1060. The lowest BCUT2D eigenvalue weighted by Gasteiger charge is -2.18. The Kier molecular flexibility index (Phi) is 4.52. The van der Waals surface area contributed by atoms with Gasteiger partial charge in [0.05, 0.1) is 23.7 Å². The zero-order valence-electron chi connectivity index (χ0n) is 15.2. The summed E-state index contributed by atoms with van der Waals surface area (Å²) in [7, 11) is 1.86. The van der Waals surface area contributed by atoms with Gasteiger partial charge in [0.15, 0.2) is 11.5 Å². The van der Waals surface area contributed by atoms with E-state index in [0.29, 0.717) is 11.6 Å². The van der Waals surface area contributed by atoms with Crippen molar-refractivity contribution in [3.8, 4) is 11.4 Å². The van der Waals surface area contributed by atoms with Gasteiger partial charge in [0.2, 0.25) is 0 Å². The standard InChI is InChI=1S/C20H20N6O/c1-13-17-19(22-16(12-27)14-6-4-3-5-7-14)23-18(15-8-10-21-11-9-15)24-20(17)26(2)25-13/h3-11,16,27H,12H2,1-2H3,(H,22,23,24)/t16-/m1/s1. The van der Waals surface area contributed by atoms with Gasteiger partial charge in [0, 0.05) is 25.0 Å². The number of hydrogen-bond donors (Lipinski definition) is 2. The van der Waals surface area contributed by atoms with E-state index >= 15 is 0 Å². The Morgan fingerprint density at radius 3 is 2.52 bits per heavy atom. The van der Waals surface area contributed by atoms with Crippen LogP contribution in [0, 0.1) is 6.92 Å². The molecule has 7 nitrogen and oxygen atoms in total. The van der Waals surface area contributed by atoms with Crippen molar-refractivity contribution in [3.05, 3.63) is 66.1 Å². The third-order valence-electron chi connectivity index (χ3n) is 4.49. The maximum Gasteiger partial charge on any atom is 0.164 e. The van der Waals surface area contributed by atoms with Crippen LogP contribution in [0.25, 0.3) is 22.4 Å². The molecule has 0 saturated heterocycles. The summed E-state index contributed by atoms with van der Waals surface area (Å²) in [6.07, 6.45) is 3.43. The van der Waals surface area contributed by atoms with Gasteiger partial charge in [-0.3, -0.25) is 9.67 Å². The molecule has 4 aromatic rings. The number of anilines is 1. The van der Waals surface area contributed by atoms with E-state index in [1.54, 1.807) is 17.1 Å². The van der Waals surface area contributed by atoms with Crippen LogP contribution in [0.2, 0.25) is 0 Å². The van der Waals surface area contributed by atoms with Gasteiger partial charge in [-0.25, -0.2) is 9.97 Å². The second-order valence-electron chi connectivity index (χ2n) is 6.33. The van der Waals surface area contributed by atoms with Crippen LogP contribution in [0.15, 0.2) is 54.9 Å². The maximum atomic E-state index is 9.94. The minimum Gasteiger partial charge on any atom is -0.394 e. The molecule has 3 heterocycles. The minimum absolute atomic E-state index is 0.0561. The van der Waals surface area contributed by atoms with Gasteiger partial charge < -0.3 is 10.4 Å². The second-order valence-corrected chi connectivity index (χ2v) is 6.33. The summed E-state index contributed by atoms with van der Waals surface area (Å²) >= 11 is 0. The smallest absolute Gasteiger partial charge is 0.164 e. The normalized spacial score (nSPS) is 12.3. The number of aryl methyl sites for hydroxylation is 2. The number of pyridine rings is 1. The number of nitrogens with zero attached hydrogens (tertiary/aromatic N) is 5. The quantitative estimate of drug-likeness (QED) is 0.569. The van der Waals surface area contributed by atoms with Gasteiger partial charge in [-0.2, -0.15) is 5.10 Å². The summed E-state index contributed by atoms with van der Waals surface area (Å²) in [4.78, 5) is 13.5. The molecule has 1 aromatic carbocycles. The lowest BCUT2D eigenvalue weighted by molar-refractivity contribution is 0.276. The zero-order valence-corrected chi connectivity index (χ0v) is 15.2. The first-order valence-corrected chi connectivity index (χ1v) is 8.71. The van der Waals surface area contributed by atoms with E-state index in [9.17, 15) is 5.11 Å². The summed E-state index contributed by atoms with van der Waals surface area (Å²) in [5.74, 6) is 1.24. The SMILES string of the molecule is Cc1nn(C)c2nc(-c3ccncc3)nc(N[C@H](CO)c3ccccc3)c12. The molecule has 0 radical (unpaired) electrons. The molecular formula is C20H20N6O. The molecule has 7 heteroatoms. The Balaban J connectivity index is 1.85. The first kappa shape index (κ1) is 17.1. The van der Waals surface area contributed by atoms with Gasteiger partial charge in [0.25, 0.3) is 0 Å². The van der Waals surface area contributed by atoms with Crippen LogP contribution in [0.4, 0.5) is 5.82 Å². The molecule has 0 aliphatic carbocycles. The van der Waals surface area contributed by atoms with Gasteiger partial charge in [-0.15, -0.1) is 0 Å². The van der Waals surface area contributed by atoms with E-state index in [-0.39, 0.29) is 12.6 Å². The molecule has 0 unspecified atom stereocenters. The number of aliphatic hydroxyl groups excluding tert-OH is 1. The zero-order chi connectivity index (χ0) is 18.8. The molecule has 136 valence electrons. The maximum absolute atomic E-state index is 9.94. The second kappa shape index (κ2) is 7.13. The van der Waals surface area contributed by atoms with E-state index in [2.05, 4.69) is 15.4 Å². The fraction of sp³-hybridized carbons (Fsp3) is 0.200. The van der Waals surface area contributed by atoms with Crippen LogP contribution in [-0.4, -0.2) is 36.4 Å². The van der Waals surface area contributed by atoms with E-state index < -0.39 is 0 Å². The number of hydrogen-bond acceptors (Lipinski definition) is 6.